The highest BCUT2D eigenvalue weighted by atomic mass is 17.2. The molecule has 0 aliphatic carbocycles. The van der Waals surface area contributed by atoms with Gasteiger partial charge < -0.3 is 39.6 Å². The Balaban J connectivity index is 1.46. The molecule has 0 saturated heterocycles. The number of aliphatic hydroxyl groups is 5. The lowest BCUT2D eigenvalue weighted by atomic mass is 9.89. The van der Waals surface area contributed by atoms with Gasteiger partial charge in [0.15, 0.2) is 16.8 Å². The molecule has 5 N–H and O–H groups in total. The second-order valence-electron chi connectivity index (χ2n) is 11.1. The third-order valence-electron chi connectivity index (χ3n) is 7.77. The molecule has 5 atom stereocenters. The van der Waals surface area contributed by atoms with E-state index in [0.29, 0.717) is 40.3 Å². The maximum Gasteiger partial charge on any atom is 0.193 e. The number of rotatable bonds is 10. The van der Waals surface area contributed by atoms with Crippen molar-refractivity contribution < 1.29 is 44.5 Å². The van der Waals surface area contributed by atoms with Crippen molar-refractivity contribution in [2.75, 3.05) is 24.7 Å². The van der Waals surface area contributed by atoms with Crippen molar-refractivity contribution >= 4 is 22.4 Å². The molecule has 4 heterocycles. The van der Waals surface area contributed by atoms with Crippen molar-refractivity contribution in [3.63, 3.8) is 0 Å². The van der Waals surface area contributed by atoms with Crippen LogP contribution >= 0.6 is 0 Å². The minimum absolute atomic E-state index is 0.186. The van der Waals surface area contributed by atoms with Gasteiger partial charge in [-0.05, 0) is 39.3 Å². The first-order valence-corrected chi connectivity index (χ1v) is 13.6. The molecule has 3 aliphatic rings. The zero-order valence-electron chi connectivity index (χ0n) is 23.4. The van der Waals surface area contributed by atoms with Crippen molar-refractivity contribution in [2.24, 2.45) is 4.99 Å². The minimum atomic E-state index is -1.78. The Labute approximate surface area is 236 Å². The van der Waals surface area contributed by atoms with Gasteiger partial charge in [0.25, 0.3) is 0 Å². The predicted molar refractivity (Wildman–Crippen MR) is 149 cm³/mol. The van der Waals surface area contributed by atoms with Crippen LogP contribution in [0.4, 0.5) is 5.69 Å². The highest BCUT2D eigenvalue weighted by molar-refractivity contribution is 6.13. The summed E-state index contributed by atoms with van der Waals surface area (Å²) in [7, 11) is 0. The first-order valence-electron chi connectivity index (χ1n) is 13.6. The van der Waals surface area contributed by atoms with Gasteiger partial charge >= 0.3 is 0 Å². The third-order valence-corrected chi connectivity index (χ3v) is 7.77. The molecule has 41 heavy (non-hydrogen) atoms. The Morgan fingerprint density at radius 2 is 1.90 bits per heavy atom. The maximum absolute atomic E-state index is 13.1. The van der Waals surface area contributed by atoms with Gasteiger partial charge in [-0.2, -0.15) is 0 Å². The van der Waals surface area contributed by atoms with Gasteiger partial charge in [0, 0.05) is 35.5 Å². The van der Waals surface area contributed by atoms with Gasteiger partial charge in [-0.1, -0.05) is 6.92 Å². The molecule has 0 amide bonds. The summed E-state index contributed by atoms with van der Waals surface area (Å²) in [6.07, 6.45) is -2.72. The number of ether oxygens (including phenoxy) is 1. The highest BCUT2D eigenvalue weighted by Gasteiger charge is 2.43. The highest BCUT2D eigenvalue weighted by Crippen LogP contribution is 2.48. The number of allylic oxidation sites excluding steroid dienone is 2. The average Bonchev–Trinajstić information content (AvgIpc) is 3.52. The van der Waals surface area contributed by atoms with E-state index in [2.05, 4.69) is 16.8 Å². The van der Waals surface area contributed by atoms with E-state index in [0.717, 1.165) is 23.4 Å². The van der Waals surface area contributed by atoms with Crippen LogP contribution in [0, 0.1) is 6.92 Å². The molecule has 1 aromatic carbocycles. The van der Waals surface area contributed by atoms with Gasteiger partial charge in [0.2, 0.25) is 0 Å². The number of benzene rings is 1. The average molecular weight is 573 g/mol. The van der Waals surface area contributed by atoms with E-state index in [1.54, 1.807) is 19.2 Å². The Morgan fingerprint density at radius 1 is 1.17 bits per heavy atom. The SMILES string of the molecule is CCC1=C2C=CN=C2CN1c1c2c(cc3c(=O)cc(C)oc13)C[C@@H](OOC[C@H](O)[C@@H](O)[C@H](O)[C@H](O)CO)C(C)(C)O2. The van der Waals surface area contributed by atoms with E-state index < -0.39 is 49.3 Å². The smallest absolute Gasteiger partial charge is 0.193 e. The van der Waals surface area contributed by atoms with E-state index >= 15 is 0 Å². The molecule has 5 rings (SSSR count). The van der Waals surface area contributed by atoms with Crippen molar-refractivity contribution in [1.82, 2.24) is 0 Å². The monoisotopic (exact) mass is 572 g/mol. The van der Waals surface area contributed by atoms with Crippen LogP contribution in [0.25, 0.3) is 11.0 Å². The number of hydrogen-bond donors (Lipinski definition) is 5. The first kappa shape index (κ1) is 29.4. The Bertz CT molecular complexity index is 1480. The third kappa shape index (κ3) is 5.32. The zero-order chi connectivity index (χ0) is 29.6. The summed E-state index contributed by atoms with van der Waals surface area (Å²) >= 11 is 0. The van der Waals surface area contributed by atoms with Gasteiger partial charge in [0.1, 0.15) is 54.2 Å². The lowest BCUT2D eigenvalue weighted by Crippen LogP contribution is -2.50. The van der Waals surface area contributed by atoms with Crippen molar-refractivity contribution in [2.45, 2.75) is 76.7 Å². The summed E-state index contributed by atoms with van der Waals surface area (Å²) in [6.45, 7) is 6.61. The Morgan fingerprint density at radius 3 is 2.61 bits per heavy atom. The summed E-state index contributed by atoms with van der Waals surface area (Å²) in [4.78, 5) is 30.6. The van der Waals surface area contributed by atoms with E-state index in [4.69, 9.17) is 24.0 Å². The van der Waals surface area contributed by atoms with Crippen LogP contribution in [0.5, 0.6) is 5.75 Å². The Kier molecular flexibility index (Phi) is 8.09. The molecular formula is C29H36N2O10. The quantitative estimate of drug-likeness (QED) is 0.203. The minimum Gasteiger partial charge on any atom is -0.482 e. The van der Waals surface area contributed by atoms with Crippen LogP contribution < -0.4 is 15.1 Å². The number of fused-ring (bicyclic) bond motifs is 3. The summed E-state index contributed by atoms with van der Waals surface area (Å²) in [5.74, 6) is 1.04. The molecule has 2 aromatic rings. The lowest BCUT2D eigenvalue weighted by molar-refractivity contribution is -0.358. The van der Waals surface area contributed by atoms with Crippen LogP contribution in [-0.2, 0) is 16.2 Å². The number of aliphatic hydroxyl groups excluding tert-OH is 5. The normalized spacial score (nSPS) is 22.3. The van der Waals surface area contributed by atoms with Crippen LogP contribution in [-0.4, -0.2) is 87.1 Å². The number of aryl methyl sites for hydroxylation is 1. The Hall–Kier alpha value is -3.10. The van der Waals surface area contributed by atoms with E-state index in [-0.39, 0.29) is 11.8 Å². The standard InChI is InChI=1S/C29H36N2O10/c1-5-19-16-6-7-30-18(16)11-31(19)24-27-15(9-17-20(33)8-14(2)39-28(17)24)10-23(29(3,4)40-27)41-38-13-22(35)26(37)25(36)21(34)12-32/h6-9,21-23,25-26,32,34-37H,5,10-13H2,1-4H3/t21-,22+,23-,25-,26-/m1/s1. The van der Waals surface area contributed by atoms with E-state index in [9.17, 15) is 25.2 Å². The van der Waals surface area contributed by atoms with Gasteiger partial charge in [0.05, 0.1) is 24.2 Å². The van der Waals surface area contributed by atoms with E-state index in [1.165, 1.54) is 6.07 Å². The number of aliphatic imine (C=N–C) groups is 1. The number of nitrogens with zero attached hydrogens (tertiary/aromatic N) is 2. The number of hydrogen-bond acceptors (Lipinski definition) is 12. The number of anilines is 1. The van der Waals surface area contributed by atoms with Gasteiger partial charge in [-0.3, -0.25) is 9.79 Å². The van der Waals surface area contributed by atoms with Gasteiger partial charge in [-0.25, -0.2) is 9.78 Å². The van der Waals surface area contributed by atoms with Crippen molar-refractivity contribution in [3.05, 3.63) is 57.2 Å². The fourth-order valence-electron chi connectivity index (χ4n) is 5.46. The fourth-order valence-corrected chi connectivity index (χ4v) is 5.46. The molecule has 0 saturated carbocycles. The second kappa shape index (κ2) is 11.3. The molecular weight excluding hydrogens is 536 g/mol. The fraction of sp³-hybridized carbons (Fsp3) is 0.517. The molecule has 0 radical (unpaired) electrons. The molecule has 222 valence electrons. The summed E-state index contributed by atoms with van der Waals surface area (Å²) in [5.41, 5.74) is 3.68. The van der Waals surface area contributed by atoms with Crippen LogP contribution in [0.1, 0.15) is 38.5 Å². The topological polar surface area (TPSA) is 175 Å². The van der Waals surface area contributed by atoms with Crippen LogP contribution in [0.15, 0.2) is 49.9 Å². The molecule has 1 aromatic heterocycles. The molecule has 12 heteroatoms. The van der Waals surface area contributed by atoms with Crippen LogP contribution in [0.2, 0.25) is 0 Å². The van der Waals surface area contributed by atoms with Crippen molar-refractivity contribution in [3.8, 4) is 5.75 Å². The molecule has 0 fully saturated rings. The second-order valence-corrected chi connectivity index (χ2v) is 11.1. The predicted octanol–water partition coefficient (Wildman–Crippen LogP) is 1.02. The van der Waals surface area contributed by atoms with E-state index in [1.807, 2.05) is 19.9 Å². The maximum atomic E-state index is 13.1. The van der Waals surface area contributed by atoms with Crippen LogP contribution in [0.3, 0.4) is 0 Å². The summed E-state index contributed by atoms with van der Waals surface area (Å²) in [6, 6.07) is 3.19. The first-order chi connectivity index (χ1) is 19.5. The van der Waals surface area contributed by atoms with Gasteiger partial charge in [-0.15, -0.1) is 0 Å². The molecule has 3 aliphatic heterocycles. The summed E-state index contributed by atoms with van der Waals surface area (Å²) < 4.78 is 12.7. The molecule has 12 nitrogen and oxygen atoms in total. The largest absolute Gasteiger partial charge is 0.482 e. The molecule has 0 bridgehead atoms. The lowest BCUT2D eigenvalue weighted by Gasteiger charge is -2.40. The molecule has 0 spiro atoms. The van der Waals surface area contributed by atoms with Crippen molar-refractivity contribution in [1.29, 1.82) is 0 Å². The molecule has 0 unspecified atom stereocenters. The zero-order valence-corrected chi connectivity index (χ0v) is 23.4. The summed E-state index contributed by atoms with van der Waals surface area (Å²) in [5, 5.41) is 49.0.